The van der Waals surface area contributed by atoms with Gasteiger partial charge in [-0.2, -0.15) is 0 Å². The zero-order chi connectivity index (χ0) is 13.0. The first-order valence-electron chi connectivity index (χ1n) is 6.27. The molecule has 0 bridgehead atoms. The molecular formula is C14H18N2O2. The molecule has 4 nitrogen and oxygen atoms in total. The number of Topliss-reactive ketones (excluding diaryl/α,β-unsaturated/α-hetero) is 1. The minimum absolute atomic E-state index is 0.0497. The molecule has 1 fully saturated rings. The van der Waals surface area contributed by atoms with Crippen molar-refractivity contribution in [2.75, 3.05) is 13.1 Å². The summed E-state index contributed by atoms with van der Waals surface area (Å²) >= 11 is 0. The molecule has 18 heavy (non-hydrogen) atoms. The maximum atomic E-state index is 12.1. The molecule has 0 saturated carbocycles. The van der Waals surface area contributed by atoms with Crippen molar-refractivity contribution in [3.05, 3.63) is 35.9 Å². The largest absolute Gasteiger partial charge is 0.340 e. The van der Waals surface area contributed by atoms with Gasteiger partial charge in [-0.25, -0.2) is 0 Å². The average molecular weight is 246 g/mol. The quantitative estimate of drug-likeness (QED) is 0.856. The summed E-state index contributed by atoms with van der Waals surface area (Å²) in [6.45, 7) is 1.03. The highest BCUT2D eigenvalue weighted by Gasteiger charge is 2.25. The number of piperidine rings is 1. The Hall–Kier alpha value is -1.68. The van der Waals surface area contributed by atoms with E-state index in [2.05, 4.69) is 0 Å². The fourth-order valence-corrected chi connectivity index (χ4v) is 2.17. The van der Waals surface area contributed by atoms with E-state index in [0.29, 0.717) is 32.4 Å². The summed E-state index contributed by atoms with van der Waals surface area (Å²) in [5.74, 6) is 0.182. The Labute approximate surface area is 107 Å². The monoisotopic (exact) mass is 246 g/mol. The van der Waals surface area contributed by atoms with Gasteiger partial charge in [-0.05, 0) is 12.0 Å². The second-order valence-electron chi connectivity index (χ2n) is 4.66. The highest BCUT2D eigenvalue weighted by Crippen LogP contribution is 2.09. The van der Waals surface area contributed by atoms with Crippen molar-refractivity contribution in [3.63, 3.8) is 0 Å². The molecule has 2 rings (SSSR count). The van der Waals surface area contributed by atoms with Crippen molar-refractivity contribution in [1.29, 1.82) is 0 Å². The van der Waals surface area contributed by atoms with Gasteiger partial charge in [-0.1, -0.05) is 30.3 Å². The Morgan fingerprint density at radius 3 is 2.44 bits per heavy atom. The molecule has 1 aliphatic heterocycles. The van der Waals surface area contributed by atoms with Crippen LogP contribution in [0.15, 0.2) is 30.3 Å². The standard InChI is InChI=1S/C14H18N2O2/c15-13(10-11-4-2-1-3-5-11)14(18)16-8-6-12(17)7-9-16/h1-5,13H,6-10,15H2. The maximum absolute atomic E-state index is 12.1. The van der Waals surface area contributed by atoms with Crippen molar-refractivity contribution < 1.29 is 9.59 Å². The van der Waals surface area contributed by atoms with Crippen LogP contribution < -0.4 is 5.73 Å². The number of hydrogen-bond acceptors (Lipinski definition) is 3. The molecule has 0 spiro atoms. The van der Waals surface area contributed by atoms with Gasteiger partial charge in [0, 0.05) is 25.9 Å². The lowest BCUT2D eigenvalue weighted by Gasteiger charge is -2.28. The molecule has 96 valence electrons. The first-order valence-corrected chi connectivity index (χ1v) is 6.27. The second-order valence-corrected chi connectivity index (χ2v) is 4.66. The first-order chi connectivity index (χ1) is 8.66. The number of likely N-dealkylation sites (tertiary alicyclic amines) is 1. The molecule has 2 N–H and O–H groups in total. The first kappa shape index (κ1) is 12.8. The van der Waals surface area contributed by atoms with Crippen molar-refractivity contribution >= 4 is 11.7 Å². The Bertz CT molecular complexity index is 421. The van der Waals surface area contributed by atoms with Gasteiger partial charge >= 0.3 is 0 Å². The van der Waals surface area contributed by atoms with Crippen LogP contribution in [0.5, 0.6) is 0 Å². The van der Waals surface area contributed by atoms with Crippen LogP contribution in [0.4, 0.5) is 0 Å². The van der Waals surface area contributed by atoms with Gasteiger partial charge in [-0.3, -0.25) is 9.59 Å². The van der Waals surface area contributed by atoms with E-state index >= 15 is 0 Å². The number of hydrogen-bond donors (Lipinski definition) is 1. The van der Waals surface area contributed by atoms with Gasteiger partial charge in [0.1, 0.15) is 5.78 Å². The normalized spacial score (nSPS) is 17.6. The van der Waals surface area contributed by atoms with E-state index in [1.807, 2.05) is 30.3 Å². The van der Waals surface area contributed by atoms with Crippen LogP contribution in [-0.2, 0) is 16.0 Å². The third-order valence-corrected chi connectivity index (χ3v) is 3.25. The third-order valence-electron chi connectivity index (χ3n) is 3.25. The number of carbonyl (C=O) groups excluding carboxylic acids is 2. The molecule has 1 atom stereocenters. The Kier molecular flexibility index (Phi) is 4.10. The molecule has 0 radical (unpaired) electrons. The fourth-order valence-electron chi connectivity index (χ4n) is 2.17. The van der Waals surface area contributed by atoms with E-state index in [-0.39, 0.29) is 11.7 Å². The Balaban J connectivity index is 1.91. The van der Waals surface area contributed by atoms with Crippen LogP contribution in [0.2, 0.25) is 0 Å². The average Bonchev–Trinajstić information content (AvgIpc) is 2.40. The van der Waals surface area contributed by atoms with Crippen LogP contribution in [0, 0.1) is 0 Å². The van der Waals surface area contributed by atoms with Gasteiger partial charge in [0.05, 0.1) is 6.04 Å². The summed E-state index contributed by atoms with van der Waals surface area (Å²) in [4.78, 5) is 24.9. The van der Waals surface area contributed by atoms with E-state index in [0.717, 1.165) is 5.56 Å². The summed E-state index contributed by atoms with van der Waals surface area (Å²) in [5, 5.41) is 0. The predicted molar refractivity (Wildman–Crippen MR) is 68.9 cm³/mol. The summed E-state index contributed by atoms with van der Waals surface area (Å²) in [5.41, 5.74) is 7.00. The van der Waals surface area contributed by atoms with Crippen LogP contribution in [0.1, 0.15) is 18.4 Å². The molecule has 1 heterocycles. The summed E-state index contributed by atoms with van der Waals surface area (Å²) in [6.07, 6.45) is 1.47. The van der Waals surface area contributed by atoms with Crippen molar-refractivity contribution in [1.82, 2.24) is 4.90 Å². The number of nitrogens with zero attached hydrogens (tertiary/aromatic N) is 1. The fraction of sp³-hybridized carbons (Fsp3) is 0.429. The summed E-state index contributed by atoms with van der Waals surface area (Å²) in [6, 6.07) is 9.23. The van der Waals surface area contributed by atoms with Crippen molar-refractivity contribution in [3.8, 4) is 0 Å². The maximum Gasteiger partial charge on any atom is 0.239 e. The summed E-state index contributed by atoms with van der Waals surface area (Å²) in [7, 11) is 0. The smallest absolute Gasteiger partial charge is 0.239 e. The molecule has 1 aromatic rings. The molecule has 0 aromatic heterocycles. The number of benzene rings is 1. The molecule has 1 aromatic carbocycles. The van der Waals surface area contributed by atoms with Gasteiger partial charge in [0.2, 0.25) is 5.91 Å². The topological polar surface area (TPSA) is 63.4 Å². The zero-order valence-corrected chi connectivity index (χ0v) is 10.3. The van der Waals surface area contributed by atoms with Crippen LogP contribution in [0.3, 0.4) is 0 Å². The number of amides is 1. The summed E-state index contributed by atoms with van der Waals surface area (Å²) < 4.78 is 0. The van der Waals surface area contributed by atoms with Crippen molar-refractivity contribution in [2.24, 2.45) is 5.73 Å². The van der Waals surface area contributed by atoms with E-state index in [1.54, 1.807) is 4.90 Å². The lowest BCUT2D eigenvalue weighted by molar-refractivity contribution is -0.135. The molecule has 4 heteroatoms. The van der Waals surface area contributed by atoms with Gasteiger partial charge in [0.15, 0.2) is 0 Å². The van der Waals surface area contributed by atoms with E-state index < -0.39 is 6.04 Å². The van der Waals surface area contributed by atoms with Crippen LogP contribution in [0.25, 0.3) is 0 Å². The van der Waals surface area contributed by atoms with E-state index in [4.69, 9.17) is 5.73 Å². The SMILES string of the molecule is NC(Cc1ccccc1)C(=O)N1CCC(=O)CC1. The second kappa shape index (κ2) is 5.78. The number of rotatable bonds is 3. The highest BCUT2D eigenvalue weighted by atomic mass is 16.2. The molecule has 1 saturated heterocycles. The number of nitrogens with two attached hydrogens (primary N) is 1. The number of ketones is 1. The van der Waals surface area contributed by atoms with Crippen LogP contribution >= 0.6 is 0 Å². The predicted octanol–water partition coefficient (Wildman–Crippen LogP) is 0.748. The van der Waals surface area contributed by atoms with Crippen LogP contribution in [-0.4, -0.2) is 35.7 Å². The minimum atomic E-state index is -0.513. The van der Waals surface area contributed by atoms with Gasteiger partial charge < -0.3 is 10.6 Å². The molecule has 0 aliphatic carbocycles. The molecular weight excluding hydrogens is 228 g/mol. The van der Waals surface area contributed by atoms with E-state index in [1.165, 1.54) is 0 Å². The van der Waals surface area contributed by atoms with Gasteiger partial charge in [-0.15, -0.1) is 0 Å². The number of carbonyl (C=O) groups is 2. The minimum Gasteiger partial charge on any atom is -0.340 e. The van der Waals surface area contributed by atoms with E-state index in [9.17, 15) is 9.59 Å². The molecule has 1 amide bonds. The van der Waals surface area contributed by atoms with Crippen molar-refractivity contribution in [2.45, 2.75) is 25.3 Å². The third kappa shape index (κ3) is 3.17. The lowest BCUT2D eigenvalue weighted by atomic mass is 10.0. The molecule has 1 aliphatic rings. The zero-order valence-electron chi connectivity index (χ0n) is 10.3. The molecule has 1 unspecified atom stereocenters. The Morgan fingerprint density at radius 1 is 1.22 bits per heavy atom. The lowest BCUT2D eigenvalue weighted by Crippen LogP contribution is -2.48. The Morgan fingerprint density at radius 2 is 1.83 bits per heavy atom. The van der Waals surface area contributed by atoms with Gasteiger partial charge in [0.25, 0.3) is 0 Å². The highest BCUT2D eigenvalue weighted by molar-refractivity contribution is 5.86.